The number of hydrogen-bond acceptors (Lipinski definition) is 7. The van der Waals surface area contributed by atoms with Crippen LogP contribution in [-0.2, 0) is 4.74 Å². The molecule has 0 radical (unpaired) electrons. The number of hydrogen-bond donors (Lipinski definition) is 1. The molecule has 5 rings (SSSR count). The molecule has 1 N–H and O–H groups in total. The Morgan fingerprint density at radius 1 is 1.23 bits per heavy atom. The topological polar surface area (TPSA) is 76.7 Å². The molecule has 35 heavy (non-hydrogen) atoms. The fourth-order valence-electron chi connectivity index (χ4n) is 4.00. The molecule has 1 atom stereocenters. The van der Waals surface area contributed by atoms with Crippen LogP contribution in [0.15, 0.2) is 65.7 Å². The third kappa shape index (κ3) is 5.46. The molecule has 1 unspecified atom stereocenters. The number of methoxy groups -OCH3 is 1. The van der Waals surface area contributed by atoms with Gasteiger partial charge >= 0.3 is 0 Å². The lowest BCUT2D eigenvalue weighted by Crippen LogP contribution is -2.41. The Bertz CT molecular complexity index is 1350. The number of benzene rings is 2. The van der Waals surface area contributed by atoms with Crippen molar-refractivity contribution < 1.29 is 19.0 Å². The van der Waals surface area contributed by atoms with Gasteiger partial charge in [0.25, 0.3) is 0 Å². The van der Waals surface area contributed by atoms with Crippen molar-refractivity contribution in [2.75, 3.05) is 33.4 Å². The fourth-order valence-corrected chi connectivity index (χ4v) is 5.30. The number of nitrogens with zero attached hydrogens (tertiary/aromatic N) is 2. The summed E-state index contributed by atoms with van der Waals surface area (Å²) < 4.78 is 19.5. The minimum Gasteiger partial charge on any atom is -0.491 e. The van der Waals surface area contributed by atoms with Gasteiger partial charge in [0.1, 0.15) is 18.5 Å². The van der Waals surface area contributed by atoms with Crippen LogP contribution in [0.3, 0.4) is 0 Å². The molecule has 180 valence electrons. The van der Waals surface area contributed by atoms with Crippen molar-refractivity contribution in [1.29, 1.82) is 0 Å². The van der Waals surface area contributed by atoms with Crippen molar-refractivity contribution in [3.8, 4) is 22.8 Å². The third-order valence-electron chi connectivity index (χ3n) is 5.73. The van der Waals surface area contributed by atoms with Gasteiger partial charge in [0.15, 0.2) is 6.29 Å². The van der Waals surface area contributed by atoms with E-state index in [1.54, 1.807) is 25.3 Å². The molecule has 2 aromatic heterocycles. The first-order chi connectivity index (χ1) is 17.1. The van der Waals surface area contributed by atoms with E-state index in [0.717, 1.165) is 45.5 Å². The minimum atomic E-state index is -0.102. The number of carbonyl (C=O) groups excluding carboxylic acids is 1. The van der Waals surface area contributed by atoms with Crippen LogP contribution in [0.1, 0.15) is 10.5 Å². The summed E-state index contributed by atoms with van der Waals surface area (Å²) in [6.45, 7) is 2.40. The van der Waals surface area contributed by atoms with Gasteiger partial charge in [-0.2, -0.15) is 0 Å². The molecule has 4 aromatic rings. The van der Waals surface area contributed by atoms with E-state index in [0.29, 0.717) is 36.4 Å². The number of H-pyrrole nitrogens is 1. The maximum atomic E-state index is 11.7. The molecule has 1 aliphatic heterocycles. The summed E-state index contributed by atoms with van der Waals surface area (Å²) in [6, 6.07) is 17.3. The van der Waals surface area contributed by atoms with Crippen LogP contribution >= 0.6 is 23.5 Å². The van der Waals surface area contributed by atoms with E-state index >= 15 is 0 Å². The van der Waals surface area contributed by atoms with Gasteiger partial charge in [-0.1, -0.05) is 23.7 Å². The summed E-state index contributed by atoms with van der Waals surface area (Å²) in [4.78, 5) is 19.9. The summed E-state index contributed by atoms with van der Waals surface area (Å²) in [5.74, 6) is 1.33. The number of ether oxygens (including phenoxy) is 3. The van der Waals surface area contributed by atoms with Gasteiger partial charge < -0.3 is 19.2 Å². The second-order valence-electron chi connectivity index (χ2n) is 8.07. The summed E-state index contributed by atoms with van der Waals surface area (Å²) in [5.41, 5.74) is 3.46. The predicted octanol–water partition coefficient (Wildman–Crippen LogP) is 5.49. The Hall–Kier alpha value is -3.04. The van der Waals surface area contributed by atoms with E-state index in [-0.39, 0.29) is 6.10 Å². The van der Waals surface area contributed by atoms with E-state index in [9.17, 15) is 4.79 Å². The summed E-state index contributed by atoms with van der Waals surface area (Å²) in [7, 11) is 1.60. The number of rotatable bonds is 8. The molecule has 3 heterocycles. The number of aromatic nitrogens is 2. The molecule has 0 amide bonds. The predicted molar refractivity (Wildman–Crippen MR) is 138 cm³/mol. The smallest absolute Gasteiger partial charge is 0.213 e. The second kappa shape index (κ2) is 10.7. The van der Waals surface area contributed by atoms with E-state index in [4.69, 9.17) is 25.8 Å². The molecular weight excluding hydrogens is 486 g/mol. The van der Waals surface area contributed by atoms with Gasteiger partial charge in [0, 0.05) is 41.3 Å². The normalized spacial score (nSPS) is 16.3. The van der Waals surface area contributed by atoms with Crippen LogP contribution in [-0.4, -0.2) is 60.1 Å². The average Bonchev–Trinajstić information content (AvgIpc) is 3.24. The highest BCUT2D eigenvalue weighted by Gasteiger charge is 2.24. The number of halogens is 1. The SMILES string of the molecule is COc1cc(-c2cccc(OCC3CN(Sc4c(C=O)[nH]c5ccc(Cl)cc45)CCO3)c2)ccn1. The number of fused-ring (bicyclic) bond motifs is 1. The van der Waals surface area contributed by atoms with Crippen molar-refractivity contribution in [1.82, 2.24) is 14.3 Å². The zero-order valence-electron chi connectivity index (χ0n) is 19.1. The first kappa shape index (κ1) is 23.7. The fraction of sp³-hybridized carbons (Fsp3) is 0.231. The summed E-state index contributed by atoms with van der Waals surface area (Å²) in [6.07, 6.45) is 2.47. The maximum Gasteiger partial charge on any atom is 0.213 e. The Labute approximate surface area is 212 Å². The standard InChI is InChI=1S/C26H24ClN3O4S/c1-32-25-12-18(7-8-28-25)17-3-2-4-20(11-17)34-16-21-14-30(9-10-33-21)35-26-22-13-19(27)5-6-23(22)29-24(26)15-31/h2-8,11-13,15,21,29H,9-10,14,16H2,1H3. The lowest BCUT2D eigenvalue weighted by atomic mass is 10.1. The molecule has 1 aliphatic rings. The quantitative estimate of drug-likeness (QED) is 0.248. The minimum absolute atomic E-state index is 0.102. The number of aromatic amines is 1. The molecule has 9 heteroatoms. The Kier molecular flexibility index (Phi) is 7.24. The molecule has 1 saturated heterocycles. The van der Waals surface area contributed by atoms with E-state index in [1.165, 1.54) is 0 Å². The second-order valence-corrected chi connectivity index (χ2v) is 9.62. The average molecular weight is 510 g/mol. The van der Waals surface area contributed by atoms with Crippen LogP contribution in [0.2, 0.25) is 5.02 Å². The highest BCUT2D eigenvalue weighted by atomic mass is 35.5. The van der Waals surface area contributed by atoms with Crippen molar-refractivity contribution in [3.63, 3.8) is 0 Å². The molecule has 0 spiro atoms. The molecule has 2 aromatic carbocycles. The van der Waals surface area contributed by atoms with Crippen LogP contribution in [0.4, 0.5) is 0 Å². The zero-order chi connectivity index (χ0) is 24.2. The van der Waals surface area contributed by atoms with E-state index in [1.807, 2.05) is 54.6 Å². The molecule has 0 saturated carbocycles. The van der Waals surface area contributed by atoms with Gasteiger partial charge in [-0.05, 0) is 59.5 Å². The van der Waals surface area contributed by atoms with Gasteiger partial charge in [-0.25, -0.2) is 9.29 Å². The first-order valence-corrected chi connectivity index (χ1v) is 12.3. The van der Waals surface area contributed by atoms with Crippen molar-refractivity contribution in [2.45, 2.75) is 11.0 Å². The lowest BCUT2D eigenvalue weighted by molar-refractivity contribution is -0.0224. The molecule has 0 aliphatic carbocycles. The Morgan fingerprint density at radius 3 is 2.97 bits per heavy atom. The molecular formula is C26H24ClN3O4S. The monoisotopic (exact) mass is 509 g/mol. The number of nitrogens with one attached hydrogen (secondary N) is 1. The van der Waals surface area contributed by atoms with Gasteiger partial charge in [0.2, 0.25) is 5.88 Å². The van der Waals surface area contributed by atoms with Gasteiger partial charge in [0.05, 0.1) is 24.3 Å². The van der Waals surface area contributed by atoms with Crippen molar-refractivity contribution >= 4 is 40.7 Å². The van der Waals surface area contributed by atoms with Crippen molar-refractivity contribution in [2.24, 2.45) is 0 Å². The summed E-state index contributed by atoms with van der Waals surface area (Å²) >= 11 is 7.75. The summed E-state index contributed by atoms with van der Waals surface area (Å²) in [5, 5.41) is 1.57. The lowest BCUT2D eigenvalue weighted by Gasteiger charge is -2.31. The first-order valence-electron chi connectivity index (χ1n) is 11.2. The largest absolute Gasteiger partial charge is 0.491 e. The van der Waals surface area contributed by atoms with Gasteiger partial charge in [-0.3, -0.25) is 4.79 Å². The van der Waals surface area contributed by atoms with Crippen LogP contribution in [0.25, 0.3) is 22.0 Å². The number of morpholine rings is 1. The number of pyridine rings is 1. The van der Waals surface area contributed by atoms with E-state index < -0.39 is 0 Å². The molecule has 7 nitrogen and oxygen atoms in total. The van der Waals surface area contributed by atoms with E-state index in [2.05, 4.69) is 14.3 Å². The highest BCUT2D eigenvalue weighted by molar-refractivity contribution is 7.97. The highest BCUT2D eigenvalue weighted by Crippen LogP contribution is 2.35. The van der Waals surface area contributed by atoms with Crippen LogP contribution in [0.5, 0.6) is 11.6 Å². The third-order valence-corrected chi connectivity index (χ3v) is 7.17. The molecule has 1 fully saturated rings. The van der Waals surface area contributed by atoms with Crippen molar-refractivity contribution in [3.05, 3.63) is 71.5 Å². The van der Waals surface area contributed by atoms with Crippen LogP contribution < -0.4 is 9.47 Å². The van der Waals surface area contributed by atoms with Crippen LogP contribution in [0, 0.1) is 0 Å². The molecule has 0 bridgehead atoms. The Morgan fingerprint density at radius 2 is 2.11 bits per heavy atom. The number of aldehydes is 1. The zero-order valence-corrected chi connectivity index (χ0v) is 20.6. The number of carbonyl (C=O) groups is 1. The van der Waals surface area contributed by atoms with Gasteiger partial charge in [-0.15, -0.1) is 0 Å². The Balaban J connectivity index is 1.24. The maximum absolute atomic E-state index is 11.7.